The second-order valence-electron chi connectivity index (χ2n) is 5.69. The van der Waals surface area contributed by atoms with E-state index in [2.05, 4.69) is 4.98 Å². The molecule has 1 aliphatic rings. The minimum absolute atomic E-state index is 0.0659. The molecule has 0 unspecified atom stereocenters. The molecule has 0 bridgehead atoms. The van der Waals surface area contributed by atoms with Gasteiger partial charge in [0, 0.05) is 36.8 Å². The van der Waals surface area contributed by atoms with Crippen molar-refractivity contribution >= 4 is 16.8 Å². The average Bonchev–Trinajstić information content (AvgIpc) is 2.44. The van der Waals surface area contributed by atoms with Gasteiger partial charge in [0.05, 0.1) is 5.52 Å². The van der Waals surface area contributed by atoms with Crippen LogP contribution in [0.2, 0.25) is 0 Å². The molecule has 3 rings (SSSR count). The van der Waals surface area contributed by atoms with Crippen molar-refractivity contribution in [1.29, 1.82) is 0 Å². The first kappa shape index (κ1) is 13.1. The molecule has 0 aliphatic heterocycles. The van der Waals surface area contributed by atoms with Crippen LogP contribution in [-0.4, -0.2) is 35.4 Å². The second kappa shape index (κ2) is 5.21. The molecule has 0 spiro atoms. The Labute approximate surface area is 118 Å². The lowest BCUT2D eigenvalue weighted by Gasteiger charge is -2.35. The standard InChI is InChI=1S/C16H19N3O/c1-19(10-11-7-14(17)8-11)16(20)13-4-5-15-12(9-13)3-2-6-18-15/h2-6,9,11,14H,7-8,10,17H2,1H3. The van der Waals surface area contributed by atoms with Crippen molar-refractivity contribution in [3.8, 4) is 0 Å². The molecule has 1 heterocycles. The maximum absolute atomic E-state index is 12.4. The molecule has 0 radical (unpaired) electrons. The largest absolute Gasteiger partial charge is 0.341 e. The summed E-state index contributed by atoms with van der Waals surface area (Å²) in [6.07, 6.45) is 3.81. The highest BCUT2D eigenvalue weighted by Crippen LogP contribution is 2.26. The van der Waals surface area contributed by atoms with Crippen molar-refractivity contribution in [2.75, 3.05) is 13.6 Å². The molecule has 2 aromatic rings. The summed E-state index contributed by atoms with van der Waals surface area (Å²) in [7, 11) is 1.86. The zero-order valence-electron chi connectivity index (χ0n) is 11.6. The van der Waals surface area contributed by atoms with Crippen LogP contribution in [0.3, 0.4) is 0 Å². The van der Waals surface area contributed by atoms with Crippen LogP contribution in [0.15, 0.2) is 36.5 Å². The van der Waals surface area contributed by atoms with Crippen LogP contribution in [0.5, 0.6) is 0 Å². The normalized spacial score (nSPS) is 21.5. The summed E-state index contributed by atoms with van der Waals surface area (Å²) in [6.45, 7) is 0.789. The van der Waals surface area contributed by atoms with Gasteiger partial charge < -0.3 is 10.6 Å². The van der Waals surface area contributed by atoms with Gasteiger partial charge in [0.15, 0.2) is 0 Å². The average molecular weight is 269 g/mol. The summed E-state index contributed by atoms with van der Waals surface area (Å²) in [4.78, 5) is 18.5. The van der Waals surface area contributed by atoms with E-state index in [1.165, 1.54) is 0 Å². The molecule has 2 N–H and O–H groups in total. The summed E-state index contributed by atoms with van der Waals surface area (Å²) < 4.78 is 0. The van der Waals surface area contributed by atoms with E-state index in [0.29, 0.717) is 12.0 Å². The summed E-state index contributed by atoms with van der Waals surface area (Å²) in [5, 5.41) is 0.998. The fourth-order valence-electron chi connectivity index (χ4n) is 2.84. The summed E-state index contributed by atoms with van der Waals surface area (Å²) in [5.41, 5.74) is 7.42. The number of nitrogens with two attached hydrogens (primary N) is 1. The third-order valence-electron chi connectivity index (χ3n) is 4.00. The molecule has 4 nitrogen and oxygen atoms in total. The monoisotopic (exact) mass is 269 g/mol. The lowest BCUT2D eigenvalue weighted by atomic mass is 9.80. The number of nitrogens with zero attached hydrogens (tertiary/aromatic N) is 2. The van der Waals surface area contributed by atoms with E-state index in [-0.39, 0.29) is 5.91 Å². The van der Waals surface area contributed by atoms with Crippen molar-refractivity contribution in [2.24, 2.45) is 11.7 Å². The molecule has 20 heavy (non-hydrogen) atoms. The number of amides is 1. The molecule has 0 saturated heterocycles. The van der Waals surface area contributed by atoms with Gasteiger partial charge in [0.1, 0.15) is 0 Å². The molecular formula is C16H19N3O. The Bertz CT molecular complexity index is 634. The lowest BCUT2D eigenvalue weighted by Crippen LogP contribution is -2.43. The van der Waals surface area contributed by atoms with E-state index in [9.17, 15) is 4.79 Å². The minimum Gasteiger partial charge on any atom is -0.341 e. The zero-order valence-corrected chi connectivity index (χ0v) is 11.6. The van der Waals surface area contributed by atoms with E-state index in [1.54, 1.807) is 11.1 Å². The lowest BCUT2D eigenvalue weighted by molar-refractivity contribution is 0.0734. The van der Waals surface area contributed by atoms with Crippen LogP contribution < -0.4 is 5.73 Å². The Balaban J connectivity index is 1.74. The number of pyridine rings is 1. The molecule has 104 valence electrons. The fourth-order valence-corrected chi connectivity index (χ4v) is 2.84. The maximum atomic E-state index is 12.4. The number of fused-ring (bicyclic) bond motifs is 1. The number of benzene rings is 1. The highest BCUT2D eigenvalue weighted by molar-refractivity contribution is 5.97. The Morgan fingerprint density at radius 1 is 1.40 bits per heavy atom. The van der Waals surface area contributed by atoms with Gasteiger partial charge in [-0.3, -0.25) is 9.78 Å². The summed E-state index contributed by atoms with van der Waals surface area (Å²) in [6, 6.07) is 9.85. The van der Waals surface area contributed by atoms with Gasteiger partial charge in [0.2, 0.25) is 0 Å². The van der Waals surface area contributed by atoms with E-state index in [4.69, 9.17) is 5.73 Å². The van der Waals surface area contributed by atoms with E-state index in [0.717, 1.165) is 35.9 Å². The molecule has 1 aromatic heterocycles. The van der Waals surface area contributed by atoms with Gasteiger partial charge >= 0.3 is 0 Å². The topological polar surface area (TPSA) is 59.2 Å². The smallest absolute Gasteiger partial charge is 0.253 e. The Morgan fingerprint density at radius 3 is 2.95 bits per heavy atom. The van der Waals surface area contributed by atoms with Crippen molar-refractivity contribution in [3.63, 3.8) is 0 Å². The molecular weight excluding hydrogens is 250 g/mol. The third-order valence-corrected chi connectivity index (χ3v) is 4.00. The third kappa shape index (κ3) is 2.51. The van der Waals surface area contributed by atoms with Gasteiger partial charge in [0.25, 0.3) is 5.91 Å². The van der Waals surface area contributed by atoms with Crippen LogP contribution in [0.4, 0.5) is 0 Å². The molecule has 4 heteroatoms. The van der Waals surface area contributed by atoms with Gasteiger partial charge in [-0.25, -0.2) is 0 Å². The predicted molar refractivity (Wildman–Crippen MR) is 79.4 cm³/mol. The first-order valence-corrected chi connectivity index (χ1v) is 6.99. The first-order chi connectivity index (χ1) is 9.63. The highest BCUT2D eigenvalue weighted by atomic mass is 16.2. The molecule has 1 aliphatic carbocycles. The molecule has 1 aromatic carbocycles. The van der Waals surface area contributed by atoms with Gasteiger partial charge in [-0.15, -0.1) is 0 Å². The highest BCUT2D eigenvalue weighted by Gasteiger charge is 2.28. The van der Waals surface area contributed by atoms with E-state index in [1.807, 2.05) is 37.4 Å². The molecule has 1 fully saturated rings. The van der Waals surface area contributed by atoms with Crippen molar-refractivity contribution in [2.45, 2.75) is 18.9 Å². The number of carbonyl (C=O) groups excluding carboxylic acids is 1. The number of aromatic nitrogens is 1. The first-order valence-electron chi connectivity index (χ1n) is 6.99. The van der Waals surface area contributed by atoms with E-state index >= 15 is 0 Å². The molecule has 1 saturated carbocycles. The summed E-state index contributed by atoms with van der Waals surface area (Å²) >= 11 is 0. The number of hydrogen-bond donors (Lipinski definition) is 1. The fraction of sp³-hybridized carbons (Fsp3) is 0.375. The predicted octanol–water partition coefficient (Wildman–Crippen LogP) is 2.04. The molecule has 0 atom stereocenters. The van der Waals surface area contributed by atoms with Crippen molar-refractivity contribution in [1.82, 2.24) is 9.88 Å². The van der Waals surface area contributed by atoms with Crippen LogP contribution in [0.1, 0.15) is 23.2 Å². The summed E-state index contributed by atoms with van der Waals surface area (Å²) in [5.74, 6) is 0.622. The van der Waals surface area contributed by atoms with Crippen LogP contribution in [0.25, 0.3) is 10.9 Å². The number of hydrogen-bond acceptors (Lipinski definition) is 3. The maximum Gasteiger partial charge on any atom is 0.253 e. The SMILES string of the molecule is CN(CC1CC(N)C1)C(=O)c1ccc2ncccc2c1. The minimum atomic E-state index is 0.0659. The zero-order chi connectivity index (χ0) is 14.1. The molecule has 1 amide bonds. The Kier molecular flexibility index (Phi) is 3.40. The number of rotatable bonds is 3. The van der Waals surface area contributed by atoms with E-state index < -0.39 is 0 Å². The van der Waals surface area contributed by atoms with Gasteiger partial charge in [-0.1, -0.05) is 6.07 Å². The number of carbonyl (C=O) groups is 1. The van der Waals surface area contributed by atoms with Crippen LogP contribution in [-0.2, 0) is 0 Å². The van der Waals surface area contributed by atoms with Crippen molar-refractivity contribution in [3.05, 3.63) is 42.1 Å². The second-order valence-corrected chi connectivity index (χ2v) is 5.69. The Morgan fingerprint density at radius 2 is 2.20 bits per heavy atom. The van der Waals surface area contributed by atoms with Gasteiger partial charge in [-0.2, -0.15) is 0 Å². The van der Waals surface area contributed by atoms with Gasteiger partial charge in [-0.05, 0) is 43.0 Å². The van der Waals surface area contributed by atoms with Crippen LogP contribution >= 0.6 is 0 Å². The Hall–Kier alpha value is -1.94. The quantitative estimate of drug-likeness (QED) is 0.927. The van der Waals surface area contributed by atoms with Crippen LogP contribution in [0, 0.1) is 5.92 Å². The van der Waals surface area contributed by atoms with Crippen molar-refractivity contribution < 1.29 is 4.79 Å².